The molecule has 0 aliphatic rings. The number of benzene rings is 2. The summed E-state index contributed by atoms with van der Waals surface area (Å²) in [5.74, 6) is 0.322. The van der Waals surface area contributed by atoms with E-state index in [-0.39, 0.29) is 11.9 Å². The van der Waals surface area contributed by atoms with Crippen LogP contribution in [-0.2, 0) is 0 Å². The van der Waals surface area contributed by atoms with Crippen LogP contribution < -0.4 is 10.1 Å². The molecule has 3 heteroatoms. The Morgan fingerprint density at radius 2 is 1.81 bits per heavy atom. The van der Waals surface area contributed by atoms with Gasteiger partial charge < -0.3 is 10.1 Å². The van der Waals surface area contributed by atoms with Crippen LogP contribution in [0.3, 0.4) is 0 Å². The lowest BCUT2D eigenvalue weighted by molar-refractivity contribution is 0.270. The highest BCUT2D eigenvalue weighted by Gasteiger charge is 2.13. The molecule has 1 atom stereocenters. The van der Waals surface area contributed by atoms with Crippen LogP contribution in [0.15, 0.2) is 36.4 Å². The summed E-state index contributed by atoms with van der Waals surface area (Å²) in [7, 11) is 1.91. The van der Waals surface area contributed by atoms with E-state index in [2.05, 4.69) is 37.4 Å². The Morgan fingerprint density at radius 3 is 2.48 bits per heavy atom. The van der Waals surface area contributed by atoms with Crippen LogP contribution >= 0.6 is 0 Å². The van der Waals surface area contributed by atoms with Crippen LogP contribution in [0.2, 0.25) is 0 Å². The summed E-state index contributed by atoms with van der Waals surface area (Å²) in [6.45, 7) is 6.56. The fourth-order valence-corrected chi connectivity index (χ4v) is 2.45. The molecule has 0 saturated carbocycles. The van der Waals surface area contributed by atoms with E-state index in [1.807, 2.05) is 14.0 Å². The molecular formula is C18H22FNO. The zero-order valence-electron chi connectivity index (χ0n) is 13.0. The number of nitrogens with one attached hydrogen (secondary N) is 1. The molecule has 2 rings (SSSR count). The molecule has 0 spiro atoms. The lowest BCUT2D eigenvalue weighted by atomic mass is 10.00. The number of rotatable bonds is 5. The summed E-state index contributed by atoms with van der Waals surface area (Å²) in [6, 6.07) is 11.1. The third kappa shape index (κ3) is 3.82. The second-order valence-electron chi connectivity index (χ2n) is 5.42. The Morgan fingerprint density at radius 1 is 1.05 bits per heavy atom. The van der Waals surface area contributed by atoms with E-state index in [1.54, 1.807) is 6.07 Å². The molecule has 0 heterocycles. The fourth-order valence-electron chi connectivity index (χ4n) is 2.45. The maximum atomic E-state index is 13.3. The summed E-state index contributed by atoms with van der Waals surface area (Å²) < 4.78 is 19.1. The predicted octanol–water partition coefficient (Wildman–Crippen LogP) is 4.09. The average molecular weight is 287 g/mol. The number of hydrogen-bond acceptors (Lipinski definition) is 2. The molecule has 112 valence electrons. The molecule has 0 fully saturated rings. The summed E-state index contributed by atoms with van der Waals surface area (Å²) in [4.78, 5) is 0. The van der Waals surface area contributed by atoms with Gasteiger partial charge in [0.1, 0.15) is 18.2 Å². The topological polar surface area (TPSA) is 21.3 Å². The van der Waals surface area contributed by atoms with Crippen molar-refractivity contribution >= 4 is 0 Å². The summed E-state index contributed by atoms with van der Waals surface area (Å²) >= 11 is 0. The zero-order valence-corrected chi connectivity index (χ0v) is 13.0. The van der Waals surface area contributed by atoms with Crippen molar-refractivity contribution in [3.63, 3.8) is 0 Å². The van der Waals surface area contributed by atoms with Gasteiger partial charge in [-0.05, 0) is 50.6 Å². The maximum Gasteiger partial charge on any atom is 0.126 e. The number of halogens is 1. The molecule has 1 N–H and O–H groups in total. The van der Waals surface area contributed by atoms with Gasteiger partial charge in [-0.15, -0.1) is 0 Å². The second-order valence-corrected chi connectivity index (χ2v) is 5.42. The molecule has 0 aliphatic heterocycles. The van der Waals surface area contributed by atoms with Gasteiger partial charge in [0.2, 0.25) is 0 Å². The van der Waals surface area contributed by atoms with Gasteiger partial charge in [0, 0.05) is 6.07 Å². The molecule has 0 aliphatic carbocycles. The van der Waals surface area contributed by atoms with Gasteiger partial charge in [0.25, 0.3) is 0 Å². The summed E-state index contributed by atoms with van der Waals surface area (Å²) in [6.07, 6.45) is 0. The van der Waals surface area contributed by atoms with Crippen molar-refractivity contribution in [3.8, 4) is 5.75 Å². The Hall–Kier alpha value is -1.87. The number of aryl methyl sites for hydroxylation is 3. The molecule has 0 bridgehead atoms. The van der Waals surface area contributed by atoms with E-state index >= 15 is 0 Å². The van der Waals surface area contributed by atoms with Crippen LogP contribution in [0, 0.1) is 26.6 Å². The van der Waals surface area contributed by atoms with E-state index < -0.39 is 0 Å². The van der Waals surface area contributed by atoms with Crippen LogP contribution in [0.25, 0.3) is 0 Å². The van der Waals surface area contributed by atoms with E-state index in [9.17, 15) is 4.39 Å². The lowest BCUT2D eigenvalue weighted by Gasteiger charge is -2.20. The molecule has 2 aromatic rings. The Labute approximate surface area is 126 Å². The molecule has 21 heavy (non-hydrogen) atoms. The molecule has 2 aromatic carbocycles. The Balaban J connectivity index is 2.14. The Kier molecular flexibility index (Phi) is 4.97. The highest BCUT2D eigenvalue weighted by Crippen LogP contribution is 2.23. The van der Waals surface area contributed by atoms with Gasteiger partial charge in [0.05, 0.1) is 6.04 Å². The first kappa shape index (κ1) is 15.5. The SMILES string of the molecule is CNC(COc1cc(F)ccc1C)c1ccc(C)cc1C. The van der Waals surface area contributed by atoms with Crippen molar-refractivity contribution in [3.05, 3.63) is 64.5 Å². The fraction of sp³-hybridized carbons (Fsp3) is 0.333. The molecule has 0 aromatic heterocycles. The van der Waals surface area contributed by atoms with Crippen LogP contribution in [0.5, 0.6) is 5.75 Å². The highest BCUT2D eigenvalue weighted by molar-refractivity contribution is 5.35. The van der Waals surface area contributed by atoms with Crippen LogP contribution in [0.4, 0.5) is 4.39 Å². The molecular weight excluding hydrogens is 265 g/mol. The summed E-state index contributed by atoms with van der Waals surface area (Å²) in [5, 5.41) is 3.26. The van der Waals surface area contributed by atoms with E-state index in [0.29, 0.717) is 12.4 Å². The largest absolute Gasteiger partial charge is 0.491 e. The quantitative estimate of drug-likeness (QED) is 0.894. The van der Waals surface area contributed by atoms with Crippen molar-refractivity contribution in [1.82, 2.24) is 5.32 Å². The standard InChI is InChI=1S/C18H22FNO/c1-12-5-8-16(14(3)9-12)17(20-4)11-21-18-10-15(19)7-6-13(18)2/h5-10,17,20H,11H2,1-4H3. The summed E-state index contributed by atoms with van der Waals surface area (Å²) in [5.41, 5.74) is 4.62. The zero-order chi connectivity index (χ0) is 15.4. The molecule has 2 nitrogen and oxygen atoms in total. The number of hydrogen-bond donors (Lipinski definition) is 1. The van der Waals surface area contributed by atoms with Gasteiger partial charge in [-0.1, -0.05) is 29.8 Å². The van der Waals surface area contributed by atoms with Gasteiger partial charge in [0.15, 0.2) is 0 Å². The average Bonchev–Trinajstić information content (AvgIpc) is 2.44. The van der Waals surface area contributed by atoms with Crippen LogP contribution in [-0.4, -0.2) is 13.7 Å². The van der Waals surface area contributed by atoms with Gasteiger partial charge in [-0.2, -0.15) is 0 Å². The third-order valence-electron chi connectivity index (χ3n) is 3.70. The number of likely N-dealkylation sites (N-methyl/N-ethyl adjacent to an activating group) is 1. The molecule has 0 saturated heterocycles. The molecule has 0 radical (unpaired) electrons. The minimum Gasteiger partial charge on any atom is -0.491 e. The minimum atomic E-state index is -0.275. The minimum absolute atomic E-state index is 0.0771. The van der Waals surface area contributed by atoms with Crippen LogP contribution in [0.1, 0.15) is 28.3 Å². The van der Waals surface area contributed by atoms with E-state index in [4.69, 9.17) is 4.74 Å². The first-order chi connectivity index (χ1) is 10.0. The van der Waals surface area contributed by atoms with Crippen molar-refractivity contribution < 1.29 is 9.13 Å². The normalized spacial score (nSPS) is 12.2. The van der Waals surface area contributed by atoms with Crippen molar-refractivity contribution in [2.24, 2.45) is 0 Å². The van der Waals surface area contributed by atoms with E-state index in [0.717, 1.165) is 5.56 Å². The van der Waals surface area contributed by atoms with Gasteiger partial charge >= 0.3 is 0 Å². The van der Waals surface area contributed by atoms with Crippen molar-refractivity contribution in [1.29, 1.82) is 0 Å². The van der Waals surface area contributed by atoms with Gasteiger partial charge in [-0.25, -0.2) is 4.39 Å². The first-order valence-electron chi connectivity index (χ1n) is 7.14. The molecule has 1 unspecified atom stereocenters. The smallest absolute Gasteiger partial charge is 0.126 e. The molecule has 0 amide bonds. The first-order valence-corrected chi connectivity index (χ1v) is 7.14. The lowest BCUT2D eigenvalue weighted by Crippen LogP contribution is -2.24. The van der Waals surface area contributed by atoms with Crippen molar-refractivity contribution in [2.45, 2.75) is 26.8 Å². The predicted molar refractivity (Wildman–Crippen MR) is 84.3 cm³/mol. The second kappa shape index (κ2) is 6.72. The monoisotopic (exact) mass is 287 g/mol. The maximum absolute atomic E-state index is 13.3. The third-order valence-corrected chi connectivity index (χ3v) is 3.70. The van der Waals surface area contributed by atoms with Crippen molar-refractivity contribution in [2.75, 3.05) is 13.7 Å². The van der Waals surface area contributed by atoms with E-state index in [1.165, 1.54) is 28.8 Å². The Bertz CT molecular complexity index is 625. The number of ether oxygens (including phenoxy) is 1. The van der Waals surface area contributed by atoms with Gasteiger partial charge in [-0.3, -0.25) is 0 Å². The highest BCUT2D eigenvalue weighted by atomic mass is 19.1.